The Morgan fingerprint density at radius 3 is 1.64 bits per heavy atom. The Kier molecular flexibility index (Phi) is 9.17. The monoisotopic (exact) mass is 854 g/mol. The fraction of sp³-hybridized carbons (Fsp3) is 0. The van der Waals surface area contributed by atoms with E-state index in [1.54, 1.807) is 0 Å². The molecule has 0 saturated carbocycles. The van der Waals surface area contributed by atoms with Crippen molar-refractivity contribution in [2.75, 3.05) is 4.90 Å². The molecular weight excluding hydrogens is 813 g/mol. The maximum Gasteiger partial charge on any atom is 0.136 e. The van der Waals surface area contributed by atoms with Crippen LogP contribution in [0.2, 0.25) is 0 Å². The van der Waals surface area contributed by atoms with E-state index in [-0.39, 0.29) is 0 Å². The minimum Gasteiger partial charge on any atom is -0.456 e. The van der Waals surface area contributed by atoms with E-state index in [4.69, 9.17) is 4.42 Å². The van der Waals surface area contributed by atoms with Crippen LogP contribution in [-0.4, -0.2) is 4.57 Å². The largest absolute Gasteiger partial charge is 0.456 e. The highest BCUT2D eigenvalue weighted by atomic mass is 16.3. The van der Waals surface area contributed by atoms with Crippen LogP contribution in [0.4, 0.5) is 17.1 Å². The molecule has 13 aromatic rings. The minimum atomic E-state index is 0.880. The fourth-order valence-corrected chi connectivity index (χ4v) is 10.2. The summed E-state index contributed by atoms with van der Waals surface area (Å²) in [5.74, 6) is 0. The van der Waals surface area contributed by atoms with Gasteiger partial charge in [0.1, 0.15) is 11.2 Å². The molecule has 0 atom stereocenters. The maximum absolute atomic E-state index is 6.47. The summed E-state index contributed by atoms with van der Waals surface area (Å²) in [6.45, 7) is 0. The number of rotatable bonds is 8. The zero-order valence-electron chi connectivity index (χ0n) is 36.6. The van der Waals surface area contributed by atoms with Crippen LogP contribution in [0.3, 0.4) is 0 Å². The second-order valence-corrected chi connectivity index (χ2v) is 17.3. The molecular formula is C64H42N2O. The number of furan rings is 1. The van der Waals surface area contributed by atoms with E-state index in [0.717, 1.165) is 61.4 Å². The quantitative estimate of drug-likeness (QED) is 0.152. The van der Waals surface area contributed by atoms with Gasteiger partial charge in [0.2, 0.25) is 0 Å². The molecule has 2 heterocycles. The fourth-order valence-electron chi connectivity index (χ4n) is 10.2. The van der Waals surface area contributed by atoms with Crippen molar-refractivity contribution in [3.63, 3.8) is 0 Å². The highest BCUT2D eigenvalue weighted by molar-refractivity contribution is 6.12. The van der Waals surface area contributed by atoms with Crippen LogP contribution in [0, 0.1) is 0 Å². The molecule has 0 aliphatic heterocycles. The van der Waals surface area contributed by atoms with E-state index in [2.05, 4.69) is 264 Å². The molecule has 0 unspecified atom stereocenters. The Bertz CT molecular complexity index is 3920. The number of hydrogen-bond acceptors (Lipinski definition) is 2. The van der Waals surface area contributed by atoms with Gasteiger partial charge in [0.25, 0.3) is 0 Å². The summed E-state index contributed by atoms with van der Waals surface area (Å²) in [5, 5.41) is 7.07. The molecule has 0 spiro atoms. The number of nitrogens with zero attached hydrogens (tertiary/aromatic N) is 2. The summed E-state index contributed by atoms with van der Waals surface area (Å²) in [4.78, 5) is 2.41. The molecule has 67 heavy (non-hydrogen) atoms. The molecule has 0 radical (unpaired) electrons. The number of benzene rings is 11. The molecule has 314 valence electrons. The zero-order valence-corrected chi connectivity index (χ0v) is 36.6. The zero-order chi connectivity index (χ0) is 44.3. The van der Waals surface area contributed by atoms with Gasteiger partial charge < -0.3 is 13.9 Å². The summed E-state index contributed by atoms with van der Waals surface area (Å²) in [6, 6.07) is 92.0. The van der Waals surface area contributed by atoms with E-state index in [1.165, 1.54) is 60.4 Å². The molecule has 0 amide bonds. The first kappa shape index (κ1) is 38.5. The molecule has 3 heteroatoms. The molecule has 0 N–H and O–H groups in total. The normalized spacial score (nSPS) is 11.6. The summed E-state index contributed by atoms with van der Waals surface area (Å²) in [6.07, 6.45) is 0. The molecule has 0 bridgehead atoms. The predicted molar refractivity (Wildman–Crippen MR) is 282 cm³/mol. The first-order valence-corrected chi connectivity index (χ1v) is 22.9. The van der Waals surface area contributed by atoms with E-state index in [1.807, 2.05) is 0 Å². The second-order valence-electron chi connectivity index (χ2n) is 17.3. The summed E-state index contributed by atoms with van der Waals surface area (Å²) in [5.41, 5.74) is 17.8. The standard InChI is InChI=1S/C64H42N2O/c1-3-16-44(17-4-1)53-36-32-48(38-57(53)45-18-5-2-6-19-45)43-30-34-50(35-31-43)65(51-22-15-23-52(42-51)66-61-28-13-10-25-55(61)56-26-11-14-29-62(56)66)60-27-12-9-24-54(60)49-33-37-63-58(40-49)59-39-46-20-7-8-21-47(46)41-64(59)67-63/h1-42H. The van der Waals surface area contributed by atoms with Gasteiger partial charge in [-0.25, -0.2) is 0 Å². The van der Waals surface area contributed by atoms with Crippen LogP contribution in [0.5, 0.6) is 0 Å². The highest BCUT2D eigenvalue weighted by Gasteiger charge is 2.21. The first-order valence-electron chi connectivity index (χ1n) is 22.9. The summed E-state index contributed by atoms with van der Waals surface area (Å²) < 4.78 is 8.87. The third kappa shape index (κ3) is 6.67. The van der Waals surface area contributed by atoms with Crippen molar-refractivity contribution in [3.05, 3.63) is 255 Å². The lowest BCUT2D eigenvalue weighted by molar-refractivity contribution is 0.669. The van der Waals surface area contributed by atoms with Gasteiger partial charge in [0.15, 0.2) is 0 Å². The Hall–Kier alpha value is -8.92. The number of para-hydroxylation sites is 3. The Morgan fingerprint density at radius 2 is 0.896 bits per heavy atom. The van der Waals surface area contributed by atoms with Gasteiger partial charge in [-0.2, -0.15) is 0 Å². The molecule has 13 rings (SSSR count). The number of fused-ring (bicyclic) bond motifs is 7. The average Bonchev–Trinajstić information content (AvgIpc) is 3.93. The molecule has 0 aliphatic carbocycles. The van der Waals surface area contributed by atoms with E-state index in [0.29, 0.717) is 0 Å². The molecule has 0 fully saturated rings. The Labute approximate surface area is 388 Å². The highest BCUT2D eigenvalue weighted by Crippen LogP contribution is 2.45. The maximum atomic E-state index is 6.47. The summed E-state index contributed by atoms with van der Waals surface area (Å²) >= 11 is 0. The van der Waals surface area contributed by atoms with E-state index in [9.17, 15) is 0 Å². The SMILES string of the molecule is c1ccc(-c2ccc(-c3ccc(N(c4cccc(-n5c6ccccc6c6ccccc65)c4)c4ccccc4-c4ccc5oc6cc7ccccc7cc6c5c4)cc3)cc2-c2ccccc2)cc1. The first-order chi connectivity index (χ1) is 33.2. The van der Waals surface area contributed by atoms with Crippen molar-refractivity contribution < 1.29 is 4.42 Å². The van der Waals surface area contributed by atoms with Crippen LogP contribution in [-0.2, 0) is 0 Å². The summed E-state index contributed by atoms with van der Waals surface area (Å²) in [7, 11) is 0. The van der Waals surface area contributed by atoms with Gasteiger partial charge in [-0.05, 0) is 129 Å². The number of anilines is 3. The molecule has 11 aromatic carbocycles. The van der Waals surface area contributed by atoms with Gasteiger partial charge in [-0.1, -0.05) is 176 Å². The van der Waals surface area contributed by atoms with Gasteiger partial charge >= 0.3 is 0 Å². The predicted octanol–water partition coefficient (Wildman–Crippen LogP) is 18.0. The smallest absolute Gasteiger partial charge is 0.136 e. The van der Waals surface area contributed by atoms with Crippen molar-refractivity contribution in [1.82, 2.24) is 4.57 Å². The van der Waals surface area contributed by atoms with Crippen LogP contribution in [0.25, 0.3) is 105 Å². The molecule has 2 aromatic heterocycles. The Morgan fingerprint density at radius 1 is 0.299 bits per heavy atom. The van der Waals surface area contributed by atoms with E-state index >= 15 is 0 Å². The molecule has 0 aliphatic rings. The van der Waals surface area contributed by atoms with Crippen LogP contribution < -0.4 is 4.90 Å². The van der Waals surface area contributed by atoms with Crippen LogP contribution in [0.1, 0.15) is 0 Å². The van der Waals surface area contributed by atoms with Crippen molar-refractivity contribution in [2.45, 2.75) is 0 Å². The van der Waals surface area contributed by atoms with Crippen LogP contribution >= 0.6 is 0 Å². The van der Waals surface area contributed by atoms with Gasteiger partial charge in [-0.3, -0.25) is 0 Å². The van der Waals surface area contributed by atoms with Crippen molar-refractivity contribution in [1.29, 1.82) is 0 Å². The lowest BCUT2D eigenvalue weighted by Gasteiger charge is -2.28. The lowest BCUT2D eigenvalue weighted by atomic mass is 9.91. The Balaban J connectivity index is 0.975. The van der Waals surface area contributed by atoms with Gasteiger partial charge in [0.05, 0.1) is 16.7 Å². The third-order valence-electron chi connectivity index (χ3n) is 13.4. The van der Waals surface area contributed by atoms with Crippen molar-refractivity contribution in [2.24, 2.45) is 0 Å². The lowest BCUT2D eigenvalue weighted by Crippen LogP contribution is -2.11. The van der Waals surface area contributed by atoms with E-state index < -0.39 is 0 Å². The second kappa shape index (κ2) is 16.0. The molecule has 0 saturated heterocycles. The molecule has 3 nitrogen and oxygen atoms in total. The third-order valence-corrected chi connectivity index (χ3v) is 13.4. The van der Waals surface area contributed by atoms with Crippen molar-refractivity contribution in [3.8, 4) is 50.2 Å². The number of aromatic nitrogens is 1. The van der Waals surface area contributed by atoms with Gasteiger partial charge in [-0.15, -0.1) is 0 Å². The number of hydrogen-bond donors (Lipinski definition) is 0. The van der Waals surface area contributed by atoms with Crippen molar-refractivity contribution >= 4 is 71.6 Å². The average molecular weight is 855 g/mol. The van der Waals surface area contributed by atoms with Gasteiger partial charge in [0, 0.05) is 44.2 Å². The van der Waals surface area contributed by atoms with Crippen LogP contribution in [0.15, 0.2) is 259 Å². The minimum absolute atomic E-state index is 0.880. The topological polar surface area (TPSA) is 21.3 Å².